The molecule has 3 heteroatoms. The van der Waals surface area contributed by atoms with Crippen LogP contribution in [0.4, 0.5) is 0 Å². The summed E-state index contributed by atoms with van der Waals surface area (Å²) >= 11 is 0. The number of likely N-dealkylation sites (tertiary alicyclic amines) is 2. The lowest BCUT2D eigenvalue weighted by Crippen LogP contribution is -2.43. The Hall–Kier alpha value is -0.120. The average molecular weight is 267 g/mol. The summed E-state index contributed by atoms with van der Waals surface area (Å²) in [6, 6.07) is 2.20. The molecule has 0 amide bonds. The van der Waals surface area contributed by atoms with Crippen molar-refractivity contribution in [2.24, 2.45) is 0 Å². The zero-order valence-electron chi connectivity index (χ0n) is 13.2. The summed E-state index contributed by atoms with van der Waals surface area (Å²) in [5, 5.41) is 3.69. The predicted octanol–water partition coefficient (Wildman–Crippen LogP) is 2.32. The number of nitrogens with one attached hydrogen (secondary N) is 1. The van der Waals surface area contributed by atoms with Crippen molar-refractivity contribution in [2.75, 3.05) is 32.7 Å². The van der Waals surface area contributed by atoms with Crippen LogP contribution in [0.3, 0.4) is 0 Å². The minimum atomic E-state index is 0.671. The molecule has 1 N–H and O–H groups in total. The van der Waals surface area contributed by atoms with Crippen molar-refractivity contribution in [1.29, 1.82) is 0 Å². The molecule has 112 valence electrons. The Morgan fingerprint density at radius 2 is 1.89 bits per heavy atom. The number of rotatable bonds is 7. The molecule has 3 nitrogen and oxygen atoms in total. The molecule has 0 radical (unpaired) electrons. The molecule has 0 bridgehead atoms. The van der Waals surface area contributed by atoms with E-state index in [0.717, 1.165) is 12.6 Å². The minimum Gasteiger partial charge on any atom is -0.313 e. The van der Waals surface area contributed by atoms with E-state index in [0.29, 0.717) is 12.1 Å². The molecule has 2 fully saturated rings. The molecular weight excluding hydrogens is 234 g/mol. The standard InChI is InChI=1S/C16H33N3/c1-4-7-14(2)17-12-15(3)19-11-8-16(13-19)18-9-5-6-10-18/h14-17H,4-13H2,1-3H3. The highest BCUT2D eigenvalue weighted by Gasteiger charge is 2.31. The molecule has 0 aromatic rings. The highest BCUT2D eigenvalue weighted by atomic mass is 15.3. The smallest absolute Gasteiger partial charge is 0.0235 e. The molecule has 2 heterocycles. The zero-order valence-corrected chi connectivity index (χ0v) is 13.2. The predicted molar refractivity (Wildman–Crippen MR) is 82.6 cm³/mol. The van der Waals surface area contributed by atoms with Crippen LogP contribution in [0, 0.1) is 0 Å². The van der Waals surface area contributed by atoms with E-state index in [1.807, 2.05) is 0 Å². The van der Waals surface area contributed by atoms with Gasteiger partial charge in [-0.15, -0.1) is 0 Å². The minimum absolute atomic E-state index is 0.671. The van der Waals surface area contributed by atoms with Crippen LogP contribution in [-0.2, 0) is 0 Å². The van der Waals surface area contributed by atoms with E-state index in [-0.39, 0.29) is 0 Å². The third-order valence-corrected chi connectivity index (χ3v) is 4.96. The van der Waals surface area contributed by atoms with Gasteiger partial charge in [-0.3, -0.25) is 9.80 Å². The number of nitrogens with zero attached hydrogens (tertiary/aromatic N) is 2. The van der Waals surface area contributed by atoms with E-state index < -0.39 is 0 Å². The second-order valence-electron chi connectivity index (χ2n) is 6.63. The van der Waals surface area contributed by atoms with Gasteiger partial charge in [0, 0.05) is 37.8 Å². The van der Waals surface area contributed by atoms with Gasteiger partial charge in [0.1, 0.15) is 0 Å². The van der Waals surface area contributed by atoms with E-state index in [2.05, 4.69) is 35.9 Å². The first-order chi connectivity index (χ1) is 9.20. The van der Waals surface area contributed by atoms with Crippen molar-refractivity contribution in [1.82, 2.24) is 15.1 Å². The highest BCUT2D eigenvalue weighted by molar-refractivity contribution is 4.88. The Bertz CT molecular complexity index is 250. The van der Waals surface area contributed by atoms with Crippen LogP contribution in [0.2, 0.25) is 0 Å². The Kier molecular flexibility index (Phi) is 6.11. The summed E-state index contributed by atoms with van der Waals surface area (Å²) < 4.78 is 0. The molecule has 2 aliphatic rings. The van der Waals surface area contributed by atoms with Gasteiger partial charge in [0.05, 0.1) is 0 Å². The fourth-order valence-corrected chi connectivity index (χ4v) is 3.61. The fourth-order valence-electron chi connectivity index (χ4n) is 3.61. The van der Waals surface area contributed by atoms with Crippen LogP contribution in [0.15, 0.2) is 0 Å². The van der Waals surface area contributed by atoms with Gasteiger partial charge in [-0.1, -0.05) is 13.3 Å². The van der Waals surface area contributed by atoms with Gasteiger partial charge in [-0.05, 0) is 52.6 Å². The van der Waals surface area contributed by atoms with Crippen LogP contribution >= 0.6 is 0 Å². The fraction of sp³-hybridized carbons (Fsp3) is 1.00. The van der Waals surface area contributed by atoms with Gasteiger partial charge in [-0.2, -0.15) is 0 Å². The van der Waals surface area contributed by atoms with Crippen LogP contribution in [0.25, 0.3) is 0 Å². The van der Waals surface area contributed by atoms with Gasteiger partial charge < -0.3 is 5.32 Å². The first kappa shape index (κ1) is 15.3. The second kappa shape index (κ2) is 7.61. The van der Waals surface area contributed by atoms with Crippen LogP contribution < -0.4 is 5.32 Å². The van der Waals surface area contributed by atoms with Gasteiger partial charge in [0.25, 0.3) is 0 Å². The van der Waals surface area contributed by atoms with Gasteiger partial charge in [-0.25, -0.2) is 0 Å². The van der Waals surface area contributed by atoms with Crippen molar-refractivity contribution in [3.05, 3.63) is 0 Å². The molecule has 0 saturated carbocycles. The normalized spacial score (nSPS) is 28.9. The lowest BCUT2D eigenvalue weighted by molar-refractivity contribution is 0.202. The lowest BCUT2D eigenvalue weighted by Gasteiger charge is -2.28. The largest absolute Gasteiger partial charge is 0.313 e. The maximum atomic E-state index is 3.69. The molecule has 2 saturated heterocycles. The molecule has 3 unspecified atom stereocenters. The SMILES string of the molecule is CCCC(C)NCC(C)N1CCC(N2CCCC2)C1. The maximum Gasteiger partial charge on any atom is 0.0235 e. The van der Waals surface area contributed by atoms with E-state index in [9.17, 15) is 0 Å². The molecular formula is C16H33N3. The van der Waals surface area contributed by atoms with Crippen molar-refractivity contribution < 1.29 is 0 Å². The molecule has 2 rings (SSSR count). The van der Waals surface area contributed by atoms with Crippen molar-refractivity contribution in [3.8, 4) is 0 Å². The zero-order chi connectivity index (χ0) is 13.7. The van der Waals surface area contributed by atoms with Crippen molar-refractivity contribution in [2.45, 2.75) is 71.0 Å². The quantitative estimate of drug-likeness (QED) is 0.764. The molecule has 3 atom stereocenters. The van der Waals surface area contributed by atoms with Crippen molar-refractivity contribution in [3.63, 3.8) is 0 Å². The molecule has 0 spiro atoms. The van der Waals surface area contributed by atoms with Gasteiger partial charge in [0.15, 0.2) is 0 Å². The first-order valence-electron chi connectivity index (χ1n) is 8.42. The molecule has 0 aromatic heterocycles. The second-order valence-corrected chi connectivity index (χ2v) is 6.63. The summed E-state index contributed by atoms with van der Waals surface area (Å²) in [4.78, 5) is 5.41. The molecule has 0 aromatic carbocycles. The Morgan fingerprint density at radius 3 is 2.58 bits per heavy atom. The first-order valence-corrected chi connectivity index (χ1v) is 8.42. The molecule has 19 heavy (non-hydrogen) atoms. The lowest BCUT2D eigenvalue weighted by atomic mass is 10.2. The Morgan fingerprint density at radius 1 is 1.16 bits per heavy atom. The Labute approximate surface area is 119 Å². The Balaban J connectivity index is 1.67. The summed E-state index contributed by atoms with van der Waals surface area (Å²) in [5.41, 5.74) is 0. The van der Waals surface area contributed by atoms with E-state index in [1.54, 1.807) is 0 Å². The van der Waals surface area contributed by atoms with Crippen LogP contribution in [0.5, 0.6) is 0 Å². The van der Waals surface area contributed by atoms with Crippen LogP contribution in [0.1, 0.15) is 52.9 Å². The number of hydrogen-bond acceptors (Lipinski definition) is 3. The monoisotopic (exact) mass is 267 g/mol. The van der Waals surface area contributed by atoms with Gasteiger partial charge in [0.2, 0.25) is 0 Å². The topological polar surface area (TPSA) is 18.5 Å². The van der Waals surface area contributed by atoms with Crippen molar-refractivity contribution >= 4 is 0 Å². The van der Waals surface area contributed by atoms with E-state index >= 15 is 0 Å². The third-order valence-electron chi connectivity index (χ3n) is 4.96. The summed E-state index contributed by atoms with van der Waals surface area (Å²) in [6.45, 7) is 13.4. The van der Waals surface area contributed by atoms with Crippen LogP contribution in [-0.4, -0.2) is 60.6 Å². The molecule has 2 aliphatic heterocycles. The number of hydrogen-bond donors (Lipinski definition) is 1. The average Bonchev–Trinajstić information content (AvgIpc) is 3.06. The molecule has 0 aliphatic carbocycles. The summed E-state index contributed by atoms with van der Waals surface area (Å²) in [5.74, 6) is 0. The third kappa shape index (κ3) is 4.44. The maximum absolute atomic E-state index is 3.69. The van der Waals surface area contributed by atoms with E-state index in [1.165, 1.54) is 58.3 Å². The summed E-state index contributed by atoms with van der Waals surface area (Å²) in [7, 11) is 0. The van der Waals surface area contributed by atoms with E-state index in [4.69, 9.17) is 0 Å². The highest BCUT2D eigenvalue weighted by Crippen LogP contribution is 2.21. The van der Waals surface area contributed by atoms with Gasteiger partial charge >= 0.3 is 0 Å². The summed E-state index contributed by atoms with van der Waals surface area (Å²) in [6.07, 6.45) is 6.80.